The van der Waals surface area contributed by atoms with Crippen LogP contribution in [0.2, 0.25) is 0 Å². The van der Waals surface area contributed by atoms with Crippen LogP contribution in [0.25, 0.3) is 0 Å². The average Bonchev–Trinajstić information content (AvgIpc) is 2.82. The first kappa shape index (κ1) is 16.6. The molecule has 7 heteroatoms. The molecule has 20 heavy (non-hydrogen) atoms. The number of aliphatic hydroxyl groups excluding tert-OH is 1. The van der Waals surface area contributed by atoms with Crippen molar-refractivity contribution in [2.45, 2.75) is 46.1 Å². The second-order valence-corrected chi connectivity index (χ2v) is 5.29. The summed E-state index contributed by atoms with van der Waals surface area (Å²) in [6, 6.07) is 0.353. The molecule has 1 heterocycles. The van der Waals surface area contributed by atoms with Gasteiger partial charge < -0.3 is 9.52 Å². The highest BCUT2D eigenvalue weighted by atomic mass is 16.4. The number of anilines is 1. The highest BCUT2D eigenvalue weighted by Gasteiger charge is 2.16. The predicted molar refractivity (Wildman–Crippen MR) is 75.4 cm³/mol. The average molecular weight is 284 g/mol. The van der Waals surface area contributed by atoms with Gasteiger partial charge in [-0.3, -0.25) is 15.0 Å². The molecular weight excluding hydrogens is 260 g/mol. The lowest BCUT2D eigenvalue weighted by atomic mass is 10.2. The Hall–Kier alpha value is -1.47. The Morgan fingerprint density at radius 1 is 1.35 bits per heavy atom. The molecule has 0 saturated carbocycles. The van der Waals surface area contributed by atoms with E-state index >= 15 is 0 Å². The van der Waals surface area contributed by atoms with Gasteiger partial charge in [0.2, 0.25) is 11.8 Å². The first-order valence-corrected chi connectivity index (χ1v) is 6.92. The summed E-state index contributed by atoms with van der Waals surface area (Å²) >= 11 is 0. The smallest absolute Gasteiger partial charge is 0.322 e. The van der Waals surface area contributed by atoms with E-state index in [1.807, 2.05) is 32.6 Å². The van der Waals surface area contributed by atoms with Crippen molar-refractivity contribution in [2.75, 3.05) is 25.0 Å². The predicted octanol–water partition coefficient (Wildman–Crippen LogP) is 1.22. The molecular formula is C13H24N4O3. The SMILES string of the molecule is CC(C)c1nnc(NC(=O)CN(CCCO)C(C)C)o1. The van der Waals surface area contributed by atoms with E-state index in [9.17, 15) is 4.79 Å². The summed E-state index contributed by atoms with van der Waals surface area (Å²) in [7, 11) is 0. The van der Waals surface area contributed by atoms with Crippen LogP contribution in [0.5, 0.6) is 0 Å². The zero-order valence-corrected chi connectivity index (χ0v) is 12.6. The third-order valence-electron chi connectivity index (χ3n) is 2.86. The third-order valence-corrected chi connectivity index (χ3v) is 2.86. The molecule has 0 bridgehead atoms. The molecule has 0 atom stereocenters. The van der Waals surface area contributed by atoms with Crippen LogP contribution in [0.4, 0.5) is 6.01 Å². The van der Waals surface area contributed by atoms with Crippen LogP contribution in [0.15, 0.2) is 4.42 Å². The Balaban J connectivity index is 2.51. The molecule has 1 aromatic rings. The van der Waals surface area contributed by atoms with Crippen molar-refractivity contribution in [3.63, 3.8) is 0 Å². The van der Waals surface area contributed by atoms with E-state index in [-0.39, 0.29) is 37.0 Å². The summed E-state index contributed by atoms with van der Waals surface area (Å²) in [6.07, 6.45) is 0.642. The molecule has 1 aromatic heterocycles. The van der Waals surface area contributed by atoms with Crippen LogP contribution in [-0.4, -0.2) is 51.8 Å². The minimum absolute atomic E-state index is 0.117. The lowest BCUT2D eigenvalue weighted by Crippen LogP contribution is -2.39. The van der Waals surface area contributed by atoms with Gasteiger partial charge in [-0.15, -0.1) is 5.10 Å². The molecule has 0 radical (unpaired) electrons. The summed E-state index contributed by atoms with van der Waals surface area (Å²) in [5.41, 5.74) is 0. The van der Waals surface area contributed by atoms with E-state index < -0.39 is 0 Å². The Morgan fingerprint density at radius 2 is 2.05 bits per heavy atom. The molecule has 0 aliphatic carbocycles. The van der Waals surface area contributed by atoms with Gasteiger partial charge in [0.1, 0.15) is 0 Å². The molecule has 114 valence electrons. The van der Waals surface area contributed by atoms with Gasteiger partial charge in [0, 0.05) is 25.1 Å². The van der Waals surface area contributed by atoms with E-state index in [2.05, 4.69) is 15.5 Å². The molecule has 0 saturated heterocycles. The molecule has 1 amide bonds. The molecule has 1 rings (SSSR count). The highest BCUT2D eigenvalue weighted by molar-refractivity contribution is 5.90. The summed E-state index contributed by atoms with van der Waals surface area (Å²) in [5, 5.41) is 19.1. The number of hydrogen-bond donors (Lipinski definition) is 2. The fourth-order valence-corrected chi connectivity index (χ4v) is 1.66. The van der Waals surface area contributed by atoms with Crippen molar-refractivity contribution in [3.05, 3.63) is 5.89 Å². The van der Waals surface area contributed by atoms with Gasteiger partial charge >= 0.3 is 6.01 Å². The Kier molecular flexibility index (Phi) is 6.60. The molecule has 0 spiro atoms. The zero-order valence-electron chi connectivity index (χ0n) is 12.6. The van der Waals surface area contributed by atoms with Gasteiger partial charge in [-0.05, 0) is 20.3 Å². The van der Waals surface area contributed by atoms with Gasteiger partial charge in [-0.25, -0.2) is 0 Å². The summed E-state index contributed by atoms with van der Waals surface area (Å²) in [4.78, 5) is 13.9. The van der Waals surface area contributed by atoms with Gasteiger partial charge in [-0.2, -0.15) is 0 Å². The molecule has 7 nitrogen and oxygen atoms in total. The van der Waals surface area contributed by atoms with Crippen LogP contribution in [0.1, 0.15) is 45.9 Å². The Labute approximate surface area is 119 Å². The van der Waals surface area contributed by atoms with E-state index in [4.69, 9.17) is 9.52 Å². The molecule has 0 aliphatic heterocycles. The Bertz CT molecular complexity index is 418. The van der Waals surface area contributed by atoms with E-state index in [0.717, 1.165) is 0 Å². The maximum atomic E-state index is 11.9. The van der Waals surface area contributed by atoms with Crippen molar-refractivity contribution >= 4 is 11.9 Å². The minimum Gasteiger partial charge on any atom is -0.408 e. The molecule has 0 fully saturated rings. The van der Waals surface area contributed by atoms with Crippen LogP contribution >= 0.6 is 0 Å². The second kappa shape index (κ2) is 7.96. The standard InChI is InChI=1S/C13H24N4O3/c1-9(2)12-15-16-13(20-12)14-11(19)8-17(10(3)4)6-5-7-18/h9-10,18H,5-8H2,1-4H3,(H,14,16,19). The Morgan fingerprint density at radius 3 is 2.55 bits per heavy atom. The molecule has 2 N–H and O–H groups in total. The number of nitrogens with one attached hydrogen (secondary N) is 1. The summed E-state index contributed by atoms with van der Waals surface area (Å²) in [6.45, 7) is 8.91. The van der Waals surface area contributed by atoms with Crippen LogP contribution in [0, 0.1) is 0 Å². The quantitative estimate of drug-likeness (QED) is 0.746. The second-order valence-electron chi connectivity index (χ2n) is 5.29. The third kappa shape index (κ3) is 5.26. The number of aliphatic hydroxyl groups is 1. The lowest BCUT2D eigenvalue weighted by Gasteiger charge is -2.24. The molecule has 0 unspecified atom stereocenters. The normalized spacial score (nSPS) is 11.6. The number of aromatic nitrogens is 2. The monoisotopic (exact) mass is 284 g/mol. The van der Waals surface area contributed by atoms with Gasteiger partial charge in [0.25, 0.3) is 0 Å². The van der Waals surface area contributed by atoms with Crippen molar-refractivity contribution < 1.29 is 14.3 Å². The van der Waals surface area contributed by atoms with Gasteiger partial charge in [0.15, 0.2) is 0 Å². The van der Waals surface area contributed by atoms with E-state index in [1.54, 1.807) is 0 Å². The van der Waals surface area contributed by atoms with Gasteiger partial charge in [0.05, 0.1) is 6.54 Å². The van der Waals surface area contributed by atoms with Crippen LogP contribution in [0.3, 0.4) is 0 Å². The summed E-state index contributed by atoms with van der Waals surface area (Å²) < 4.78 is 5.33. The zero-order chi connectivity index (χ0) is 15.1. The van der Waals surface area contributed by atoms with Crippen molar-refractivity contribution in [2.24, 2.45) is 0 Å². The first-order valence-electron chi connectivity index (χ1n) is 6.92. The van der Waals surface area contributed by atoms with E-state index in [0.29, 0.717) is 18.9 Å². The lowest BCUT2D eigenvalue weighted by molar-refractivity contribution is -0.117. The van der Waals surface area contributed by atoms with E-state index in [1.165, 1.54) is 0 Å². The number of carbonyl (C=O) groups is 1. The fourth-order valence-electron chi connectivity index (χ4n) is 1.66. The largest absolute Gasteiger partial charge is 0.408 e. The number of hydrogen-bond acceptors (Lipinski definition) is 6. The van der Waals surface area contributed by atoms with Crippen LogP contribution in [-0.2, 0) is 4.79 Å². The maximum absolute atomic E-state index is 11.9. The topological polar surface area (TPSA) is 91.5 Å². The minimum atomic E-state index is -0.199. The molecule has 0 aliphatic rings. The fraction of sp³-hybridized carbons (Fsp3) is 0.769. The van der Waals surface area contributed by atoms with Crippen molar-refractivity contribution in [1.82, 2.24) is 15.1 Å². The highest BCUT2D eigenvalue weighted by Crippen LogP contribution is 2.14. The number of amides is 1. The molecule has 0 aromatic carbocycles. The van der Waals surface area contributed by atoms with Crippen LogP contribution < -0.4 is 5.32 Å². The number of carbonyl (C=O) groups excluding carboxylic acids is 1. The van der Waals surface area contributed by atoms with Gasteiger partial charge in [-0.1, -0.05) is 18.9 Å². The first-order chi connectivity index (χ1) is 9.43. The maximum Gasteiger partial charge on any atom is 0.322 e. The van der Waals surface area contributed by atoms with Crippen molar-refractivity contribution in [3.8, 4) is 0 Å². The van der Waals surface area contributed by atoms with Crippen molar-refractivity contribution in [1.29, 1.82) is 0 Å². The number of nitrogens with zero attached hydrogens (tertiary/aromatic N) is 3. The summed E-state index contributed by atoms with van der Waals surface area (Å²) in [5.74, 6) is 0.432. The number of rotatable bonds is 8.